The highest BCUT2D eigenvalue weighted by molar-refractivity contribution is 5.30. The second-order valence-electron chi connectivity index (χ2n) is 4.04. The summed E-state index contributed by atoms with van der Waals surface area (Å²) in [7, 11) is 0. The molecule has 1 N–H and O–H groups in total. The molecule has 0 saturated carbocycles. The van der Waals surface area contributed by atoms with Crippen LogP contribution in [-0.4, -0.2) is 12.9 Å². The minimum absolute atomic E-state index is 0.0572. The van der Waals surface area contributed by atoms with Gasteiger partial charge in [-0.15, -0.1) is 13.2 Å². The van der Waals surface area contributed by atoms with Crippen molar-refractivity contribution >= 4 is 0 Å². The van der Waals surface area contributed by atoms with E-state index in [1.54, 1.807) is 12.1 Å². The van der Waals surface area contributed by atoms with Crippen molar-refractivity contribution in [3.8, 4) is 5.75 Å². The van der Waals surface area contributed by atoms with Gasteiger partial charge in [-0.25, -0.2) is 0 Å². The molecular formula is C13H18F3NO. The van der Waals surface area contributed by atoms with Crippen LogP contribution < -0.4 is 10.1 Å². The Morgan fingerprint density at radius 3 is 2.56 bits per heavy atom. The van der Waals surface area contributed by atoms with Crippen molar-refractivity contribution in [1.29, 1.82) is 0 Å². The minimum atomic E-state index is -4.64. The van der Waals surface area contributed by atoms with Crippen LogP contribution in [0.2, 0.25) is 0 Å². The Morgan fingerprint density at radius 2 is 2.00 bits per heavy atom. The van der Waals surface area contributed by atoms with E-state index in [1.807, 2.05) is 13.8 Å². The van der Waals surface area contributed by atoms with Crippen molar-refractivity contribution in [2.24, 2.45) is 0 Å². The summed E-state index contributed by atoms with van der Waals surface area (Å²) < 4.78 is 40.3. The second kappa shape index (κ2) is 6.64. The maximum atomic E-state index is 12.1. The van der Waals surface area contributed by atoms with Crippen LogP contribution >= 0.6 is 0 Å². The van der Waals surface area contributed by atoms with Crippen LogP contribution in [0.3, 0.4) is 0 Å². The number of alkyl halides is 3. The molecule has 102 valence electrons. The van der Waals surface area contributed by atoms with Gasteiger partial charge in [-0.1, -0.05) is 26.0 Å². The van der Waals surface area contributed by atoms with E-state index in [0.29, 0.717) is 0 Å². The molecule has 0 aliphatic heterocycles. The average Bonchev–Trinajstić information content (AvgIpc) is 2.28. The van der Waals surface area contributed by atoms with E-state index in [1.165, 1.54) is 12.1 Å². The van der Waals surface area contributed by atoms with E-state index >= 15 is 0 Å². The van der Waals surface area contributed by atoms with Gasteiger partial charge in [-0.3, -0.25) is 0 Å². The maximum Gasteiger partial charge on any atom is 0.573 e. The van der Waals surface area contributed by atoms with E-state index in [9.17, 15) is 13.2 Å². The van der Waals surface area contributed by atoms with Crippen LogP contribution in [0.15, 0.2) is 24.3 Å². The van der Waals surface area contributed by atoms with Crippen molar-refractivity contribution < 1.29 is 17.9 Å². The molecular weight excluding hydrogens is 243 g/mol. The number of hydrogen-bond acceptors (Lipinski definition) is 2. The van der Waals surface area contributed by atoms with Crippen LogP contribution in [-0.2, 0) is 0 Å². The van der Waals surface area contributed by atoms with Gasteiger partial charge in [0.2, 0.25) is 0 Å². The number of nitrogens with one attached hydrogen (secondary N) is 1. The minimum Gasteiger partial charge on any atom is -0.406 e. The van der Waals surface area contributed by atoms with Crippen molar-refractivity contribution in [1.82, 2.24) is 5.32 Å². The van der Waals surface area contributed by atoms with Crippen LogP contribution in [0.4, 0.5) is 13.2 Å². The number of ether oxygens (including phenoxy) is 1. The van der Waals surface area contributed by atoms with Gasteiger partial charge in [0, 0.05) is 6.04 Å². The average molecular weight is 261 g/mol. The van der Waals surface area contributed by atoms with Crippen LogP contribution in [0.1, 0.15) is 38.3 Å². The predicted octanol–water partition coefficient (Wildman–Crippen LogP) is 4.04. The third-order valence-electron chi connectivity index (χ3n) is 2.54. The Balaban J connectivity index is 2.79. The van der Waals surface area contributed by atoms with Crippen LogP contribution in [0.25, 0.3) is 0 Å². The molecule has 0 bridgehead atoms. The van der Waals surface area contributed by atoms with Gasteiger partial charge in [-0.2, -0.15) is 0 Å². The highest BCUT2D eigenvalue weighted by atomic mass is 19.4. The van der Waals surface area contributed by atoms with E-state index in [0.717, 1.165) is 24.9 Å². The molecule has 1 aromatic carbocycles. The number of benzene rings is 1. The summed E-state index contributed by atoms with van der Waals surface area (Å²) in [6.07, 6.45) is -2.85. The quantitative estimate of drug-likeness (QED) is 0.834. The Bertz CT molecular complexity index is 365. The SMILES string of the molecule is CCCNC(CC)c1cccc(OC(F)(F)F)c1. The molecule has 0 saturated heterocycles. The zero-order valence-corrected chi connectivity index (χ0v) is 10.6. The summed E-state index contributed by atoms with van der Waals surface area (Å²) in [6, 6.07) is 6.18. The standard InChI is InChI=1S/C13H18F3NO/c1-3-8-17-12(4-2)10-6-5-7-11(9-10)18-13(14,15)16/h5-7,9,12,17H,3-4,8H2,1-2H3. The first-order valence-electron chi connectivity index (χ1n) is 6.05. The van der Waals surface area contributed by atoms with Crippen LogP contribution in [0, 0.1) is 0 Å². The molecule has 0 spiro atoms. The smallest absolute Gasteiger partial charge is 0.406 e. The summed E-state index contributed by atoms with van der Waals surface area (Å²) in [5.74, 6) is -0.170. The molecule has 1 atom stereocenters. The van der Waals surface area contributed by atoms with E-state index < -0.39 is 6.36 Å². The fourth-order valence-electron chi connectivity index (χ4n) is 1.74. The highest BCUT2D eigenvalue weighted by Crippen LogP contribution is 2.26. The Hall–Kier alpha value is -1.23. The molecule has 0 aliphatic carbocycles. The Morgan fingerprint density at radius 1 is 1.28 bits per heavy atom. The molecule has 1 unspecified atom stereocenters. The third kappa shape index (κ3) is 4.96. The maximum absolute atomic E-state index is 12.1. The first-order valence-corrected chi connectivity index (χ1v) is 6.05. The van der Waals surface area contributed by atoms with Gasteiger partial charge < -0.3 is 10.1 Å². The molecule has 0 aromatic heterocycles. The summed E-state index contributed by atoms with van der Waals surface area (Å²) in [4.78, 5) is 0. The van der Waals surface area contributed by atoms with Gasteiger partial charge in [-0.05, 0) is 37.1 Å². The fourth-order valence-corrected chi connectivity index (χ4v) is 1.74. The molecule has 18 heavy (non-hydrogen) atoms. The van der Waals surface area contributed by atoms with Gasteiger partial charge in [0.05, 0.1) is 0 Å². The zero-order valence-electron chi connectivity index (χ0n) is 10.6. The summed E-state index contributed by atoms with van der Waals surface area (Å²) >= 11 is 0. The molecule has 0 radical (unpaired) electrons. The summed E-state index contributed by atoms with van der Waals surface area (Å²) in [6.45, 7) is 4.87. The molecule has 1 rings (SSSR count). The molecule has 1 aromatic rings. The van der Waals surface area contributed by atoms with Gasteiger partial charge in [0.1, 0.15) is 5.75 Å². The lowest BCUT2D eigenvalue weighted by molar-refractivity contribution is -0.274. The number of rotatable bonds is 6. The van der Waals surface area contributed by atoms with Crippen molar-refractivity contribution in [3.05, 3.63) is 29.8 Å². The first kappa shape index (κ1) is 14.8. The molecule has 2 nitrogen and oxygen atoms in total. The summed E-state index contributed by atoms with van der Waals surface area (Å²) in [5.41, 5.74) is 0.813. The molecule has 0 heterocycles. The lowest BCUT2D eigenvalue weighted by atomic mass is 10.0. The van der Waals surface area contributed by atoms with Crippen molar-refractivity contribution in [3.63, 3.8) is 0 Å². The van der Waals surface area contributed by atoms with Crippen LogP contribution in [0.5, 0.6) is 5.75 Å². The largest absolute Gasteiger partial charge is 0.573 e. The van der Waals surface area contributed by atoms with Gasteiger partial charge in [0.15, 0.2) is 0 Å². The lowest BCUT2D eigenvalue weighted by Gasteiger charge is -2.18. The van der Waals surface area contributed by atoms with E-state index in [-0.39, 0.29) is 11.8 Å². The summed E-state index contributed by atoms with van der Waals surface area (Å²) in [5, 5.41) is 3.29. The first-order chi connectivity index (χ1) is 8.46. The van der Waals surface area contributed by atoms with E-state index in [2.05, 4.69) is 10.1 Å². The molecule has 0 fully saturated rings. The molecule has 0 aliphatic rings. The lowest BCUT2D eigenvalue weighted by Crippen LogP contribution is -2.22. The fraction of sp³-hybridized carbons (Fsp3) is 0.538. The Labute approximate surface area is 105 Å². The number of halogens is 3. The predicted molar refractivity (Wildman–Crippen MR) is 64.5 cm³/mol. The Kier molecular flexibility index (Phi) is 5.47. The van der Waals surface area contributed by atoms with E-state index in [4.69, 9.17) is 0 Å². The van der Waals surface area contributed by atoms with Crippen molar-refractivity contribution in [2.45, 2.75) is 39.1 Å². The van der Waals surface area contributed by atoms with Gasteiger partial charge in [0.25, 0.3) is 0 Å². The topological polar surface area (TPSA) is 21.3 Å². The normalized spacial score (nSPS) is 13.4. The molecule has 5 heteroatoms. The highest BCUT2D eigenvalue weighted by Gasteiger charge is 2.31. The molecule has 0 amide bonds. The zero-order chi connectivity index (χ0) is 13.6. The monoisotopic (exact) mass is 261 g/mol. The third-order valence-corrected chi connectivity index (χ3v) is 2.54. The second-order valence-corrected chi connectivity index (χ2v) is 4.04. The number of hydrogen-bond donors (Lipinski definition) is 1. The van der Waals surface area contributed by atoms with Gasteiger partial charge >= 0.3 is 6.36 Å². The van der Waals surface area contributed by atoms with Crippen molar-refractivity contribution in [2.75, 3.05) is 6.54 Å².